The molecular formula is C28H26Cl2N4O4S2. The van der Waals surface area contributed by atoms with Gasteiger partial charge in [0, 0.05) is 34.4 Å². The number of nitro benzene ring substituents is 1. The van der Waals surface area contributed by atoms with Crippen LogP contribution in [0.4, 0.5) is 5.69 Å². The summed E-state index contributed by atoms with van der Waals surface area (Å²) in [5.74, 6) is -0.595. The third-order valence-corrected chi connectivity index (χ3v) is 10.2. The summed E-state index contributed by atoms with van der Waals surface area (Å²) >= 11 is 15.8. The molecule has 0 radical (unpaired) electrons. The lowest BCUT2D eigenvalue weighted by Crippen LogP contribution is -2.13. The quantitative estimate of drug-likeness (QED) is 0.111. The number of rotatable bonds is 8. The summed E-state index contributed by atoms with van der Waals surface area (Å²) in [6, 6.07) is 11.9. The van der Waals surface area contributed by atoms with E-state index in [4.69, 9.17) is 32.9 Å². The van der Waals surface area contributed by atoms with Crippen molar-refractivity contribution < 1.29 is 14.5 Å². The molecular weight excluding hydrogens is 591 g/mol. The molecule has 0 bridgehead atoms. The molecule has 2 aromatic carbocycles. The van der Waals surface area contributed by atoms with E-state index in [1.807, 2.05) is 6.07 Å². The number of hydrogen-bond donors (Lipinski definition) is 0. The van der Waals surface area contributed by atoms with E-state index in [1.54, 1.807) is 49.0 Å². The van der Waals surface area contributed by atoms with Crippen molar-refractivity contribution in [3.05, 3.63) is 85.1 Å². The van der Waals surface area contributed by atoms with Crippen LogP contribution in [-0.2, 0) is 11.2 Å². The largest absolute Gasteiger partial charge is 0.464 e. The highest BCUT2D eigenvalue weighted by molar-refractivity contribution is 8.01. The van der Waals surface area contributed by atoms with E-state index < -0.39 is 10.9 Å². The molecule has 40 heavy (non-hydrogen) atoms. The maximum Gasteiger partial charge on any atom is 0.357 e. The average Bonchev–Trinajstić information content (AvgIpc) is 3.51. The van der Waals surface area contributed by atoms with E-state index in [0.29, 0.717) is 37.2 Å². The van der Waals surface area contributed by atoms with Crippen molar-refractivity contribution in [1.29, 1.82) is 0 Å². The molecule has 0 unspecified atom stereocenters. The first kappa shape index (κ1) is 28.6. The minimum atomic E-state index is -0.595. The number of nitrogens with zero attached hydrogens (tertiary/aromatic N) is 4. The van der Waals surface area contributed by atoms with Crippen LogP contribution in [0.15, 0.2) is 46.7 Å². The Kier molecular flexibility index (Phi) is 8.80. The van der Waals surface area contributed by atoms with Crippen molar-refractivity contribution >= 4 is 58.0 Å². The van der Waals surface area contributed by atoms with Gasteiger partial charge in [-0.3, -0.25) is 10.1 Å². The molecule has 208 valence electrons. The van der Waals surface area contributed by atoms with Gasteiger partial charge >= 0.3 is 5.97 Å². The first-order valence-electron chi connectivity index (χ1n) is 12.8. The highest BCUT2D eigenvalue weighted by atomic mass is 35.5. The highest BCUT2D eigenvalue weighted by Gasteiger charge is 2.29. The maximum absolute atomic E-state index is 13.1. The summed E-state index contributed by atoms with van der Waals surface area (Å²) in [6.45, 7) is 1.78. The zero-order valence-corrected chi connectivity index (χ0v) is 25.0. The van der Waals surface area contributed by atoms with E-state index in [2.05, 4.69) is 5.10 Å². The summed E-state index contributed by atoms with van der Waals surface area (Å²) in [5, 5.41) is 18.2. The van der Waals surface area contributed by atoms with Crippen LogP contribution < -0.4 is 0 Å². The predicted molar refractivity (Wildman–Crippen MR) is 159 cm³/mol. The molecule has 0 atom stereocenters. The number of methoxy groups -OCH3 is 1. The Balaban J connectivity index is 1.63. The highest BCUT2D eigenvalue weighted by Crippen LogP contribution is 2.44. The lowest BCUT2D eigenvalue weighted by Gasteiger charge is -2.20. The number of thioether (sulfide) groups is 1. The number of esters is 1. The van der Waals surface area contributed by atoms with Gasteiger partial charge < -0.3 is 4.74 Å². The number of benzene rings is 2. The fourth-order valence-electron chi connectivity index (χ4n) is 4.87. The first-order valence-corrected chi connectivity index (χ1v) is 15.2. The van der Waals surface area contributed by atoms with E-state index in [1.165, 1.54) is 48.5 Å². The monoisotopic (exact) mass is 616 g/mol. The van der Waals surface area contributed by atoms with Gasteiger partial charge in [0.25, 0.3) is 5.69 Å². The van der Waals surface area contributed by atoms with Crippen molar-refractivity contribution in [1.82, 2.24) is 14.8 Å². The van der Waals surface area contributed by atoms with Gasteiger partial charge in [-0.1, -0.05) is 78.1 Å². The Hall–Kier alpha value is -2.92. The molecule has 0 spiro atoms. The van der Waals surface area contributed by atoms with E-state index in [9.17, 15) is 14.9 Å². The number of thiazole rings is 1. The Morgan fingerprint density at radius 3 is 2.62 bits per heavy atom. The molecule has 4 aromatic rings. The average molecular weight is 618 g/mol. The van der Waals surface area contributed by atoms with E-state index in [0.717, 1.165) is 28.3 Å². The van der Waals surface area contributed by atoms with Crippen molar-refractivity contribution in [2.24, 2.45) is 0 Å². The molecule has 12 heteroatoms. The number of carbonyl (C=O) groups excluding carboxylic acids is 1. The third-order valence-electron chi connectivity index (χ3n) is 6.90. The minimum Gasteiger partial charge on any atom is -0.464 e. The summed E-state index contributed by atoms with van der Waals surface area (Å²) in [5.41, 5.74) is 3.33. The van der Waals surface area contributed by atoms with Gasteiger partial charge in [-0.25, -0.2) is 9.78 Å². The van der Waals surface area contributed by atoms with Crippen LogP contribution in [0.25, 0.3) is 16.4 Å². The lowest BCUT2D eigenvalue weighted by molar-refractivity contribution is -0.385. The fraction of sp³-hybridized carbons (Fsp3) is 0.321. The normalized spacial score (nSPS) is 13.9. The molecule has 1 saturated carbocycles. The van der Waals surface area contributed by atoms with E-state index in [-0.39, 0.29) is 17.8 Å². The number of halogens is 2. The number of ether oxygens (including phenoxy) is 1. The van der Waals surface area contributed by atoms with Crippen LogP contribution in [0.1, 0.15) is 59.4 Å². The molecule has 2 aromatic heterocycles. The van der Waals surface area contributed by atoms with Crippen LogP contribution in [-0.4, -0.2) is 38.0 Å². The number of aromatic nitrogens is 3. The summed E-state index contributed by atoms with van der Waals surface area (Å²) in [6.07, 6.45) is 6.06. The van der Waals surface area contributed by atoms with Gasteiger partial charge in [-0.2, -0.15) is 9.78 Å². The van der Waals surface area contributed by atoms with Crippen LogP contribution in [0.5, 0.6) is 0 Å². The van der Waals surface area contributed by atoms with Crippen LogP contribution in [0.3, 0.4) is 0 Å². The van der Waals surface area contributed by atoms with Crippen LogP contribution in [0, 0.1) is 17.0 Å². The molecule has 1 fully saturated rings. The first-order chi connectivity index (χ1) is 19.3. The Bertz CT molecular complexity index is 1580. The minimum absolute atomic E-state index is 0.0206. The molecule has 2 heterocycles. The molecule has 0 N–H and O–H groups in total. The van der Waals surface area contributed by atoms with Gasteiger partial charge in [0.2, 0.25) is 5.13 Å². The van der Waals surface area contributed by atoms with Crippen molar-refractivity contribution in [3.8, 4) is 16.4 Å². The predicted octanol–water partition coefficient (Wildman–Crippen LogP) is 8.32. The zero-order chi connectivity index (χ0) is 28.4. The Morgan fingerprint density at radius 2 is 1.93 bits per heavy atom. The van der Waals surface area contributed by atoms with Crippen molar-refractivity contribution in [3.63, 3.8) is 0 Å². The Morgan fingerprint density at radius 1 is 1.18 bits per heavy atom. The molecule has 0 amide bonds. The lowest BCUT2D eigenvalue weighted by atomic mass is 10.0. The summed E-state index contributed by atoms with van der Waals surface area (Å²) < 4.78 is 7.65. The van der Waals surface area contributed by atoms with Gasteiger partial charge in [-0.05, 0) is 31.9 Å². The van der Waals surface area contributed by atoms with Gasteiger partial charge in [0.15, 0.2) is 5.69 Å². The van der Waals surface area contributed by atoms with Crippen LogP contribution in [0.2, 0.25) is 10.0 Å². The Labute approximate surface area is 249 Å². The molecule has 0 aliphatic heterocycles. The maximum atomic E-state index is 13.1. The number of para-hydroxylation sites is 1. The van der Waals surface area contributed by atoms with Gasteiger partial charge in [0.05, 0.1) is 37.7 Å². The molecule has 1 aliphatic carbocycles. The standard InChI is InChI=1S/C28H26Cl2N4O4S2/c1-16-20(14-17-8-6-7-11-23(17)34(36)37)25(26(35)38-2)33(32-16)28-31-24(18-12-13-21(29)22(30)15-18)27(40-28)39-19-9-4-3-5-10-19/h6-8,11-13,15,19H,3-5,9-10,14H2,1-2H3. The van der Waals surface area contributed by atoms with Crippen molar-refractivity contribution in [2.45, 2.75) is 54.9 Å². The fourth-order valence-corrected chi connectivity index (χ4v) is 7.92. The third kappa shape index (κ3) is 5.90. The number of aryl methyl sites for hydroxylation is 1. The number of carbonyl (C=O) groups is 1. The molecule has 1 aliphatic rings. The summed E-state index contributed by atoms with van der Waals surface area (Å²) in [7, 11) is 1.30. The second kappa shape index (κ2) is 12.3. The van der Waals surface area contributed by atoms with Gasteiger partial charge in [0.1, 0.15) is 0 Å². The zero-order valence-electron chi connectivity index (χ0n) is 21.9. The topological polar surface area (TPSA) is 100 Å². The summed E-state index contributed by atoms with van der Waals surface area (Å²) in [4.78, 5) is 29.3. The van der Waals surface area contributed by atoms with Crippen molar-refractivity contribution in [2.75, 3.05) is 7.11 Å². The number of hydrogen-bond acceptors (Lipinski definition) is 8. The second-order valence-electron chi connectivity index (χ2n) is 9.52. The molecule has 5 rings (SSSR count). The SMILES string of the molecule is COC(=O)c1c(Cc2ccccc2[N+](=O)[O-])c(C)nn1-c1nc(-c2ccc(Cl)c(Cl)c2)c(SC2CCCCC2)s1. The number of nitro groups is 1. The second-order valence-corrected chi connectivity index (χ2v) is 12.9. The van der Waals surface area contributed by atoms with E-state index >= 15 is 0 Å². The smallest absolute Gasteiger partial charge is 0.357 e. The van der Waals surface area contributed by atoms with Crippen LogP contribution >= 0.6 is 46.3 Å². The van der Waals surface area contributed by atoms with Gasteiger partial charge in [-0.15, -0.1) is 11.8 Å². The molecule has 0 saturated heterocycles. The molecule has 8 nitrogen and oxygen atoms in total.